The summed E-state index contributed by atoms with van der Waals surface area (Å²) in [7, 11) is 0. The van der Waals surface area contributed by atoms with Crippen molar-refractivity contribution in [2.24, 2.45) is 17.8 Å². The Morgan fingerprint density at radius 2 is 1.67 bits per heavy atom. The Kier molecular flexibility index (Phi) is 3.13. The summed E-state index contributed by atoms with van der Waals surface area (Å²) in [4.78, 5) is 0. The van der Waals surface area contributed by atoms with Crippen LogP contribution < -0.4 is 0 Å². The van der Waals surface area contributed by atoms with Crippen molar-refractivity contribution >= 4 is 0 Å². The van der Waals surface area contributed by atoms with Crippen molar-refractivity contribution in [1.29, 1.82) is 0 Å². The molecule has 0 radical (unpaired) electrons. The van der Waals surface area contributed by atoms with Gasteiger partial charge < -0.3 is 10.2 Å². The highest BCUT2D eigenvalue weighted by molar-refractivity contribution is 4.86. The molecule has 0 aromatic carbocycles. The molecular weight excluding hydrogens is 152 g/mol. The summed E-state index contributed by atoms with van der Waals surface area (Å²) >= 11 is 0. The van der Waals surface area contributed by atoms with Crippen molar-refractivity contribution in [3.8, 4) is 0 Å². The van der Waals surface area contributed by atoms with Crippen LogP contribution in [0.25, 0.3) is 0 Å². The van der Waals surface area contributed by atoms with Crippen molar-refractivity contribution in [3.63, 3.8) is 0 Å². The van der Waals surface area contributed by atoms with Gasteiger partial charge in [0.2, 0.25) is 0 Å². The topological polar surface area (TPSA) is 40.5 Å². The van der Waals surface area contributed by atoms with Crippen LogP contribution in [0.15, 0.2) is 0 Å². The Hall–Kier alpha value is -0.0800. The third-order valence-corrected chi connectivity index (χ3v) is 3.18. The van der Waals surface area contributed by atoms with Crippen molar-refractivity contribution in [2.45, 2.75) is 45.8 Å². The van der Waals surface area contributed by atoms with Crippen LogP contribution in [0.2, 0.25) is 0 Å². The Morgan fingerprint density at radius 3 is 2.17 bits per heavy atom. The first-order valence-corrected chi connectivity index (χ1v) is 4.90. The smallest absolute Gasteiger partial charge is 0.0832 e. The molecule has 0 unspecified atom stereocenters. The van der Waals surface area contributed by atoms with Crippen molar-refractivity contribution in [2.75, 3.05) is 0 Å². The highest BCUT2D eigenvalue weighted by Gasteiger charge is 2.36. The van der Waals surface area contributed by atoms with Gasteiger partial charge in [0, 0.05) is 0 Å². The van der Waals surface area contributed by atoms with E-state index in [-0.39, 0.29) is 11.8 Å². The summed E-state index contributed by atoms with van der Waals surface area (Å²) in [6.07, 6.45) is 1.08. The van der Waals surface area contributed by atoms with E-state index in [1.54, 1.807) is 0 Å². The minimum Gasteiger partial charge on any atom is -0.390 e. The summed E-state index contributed by atoms with van der Waals surface area (Å²) in [5, 5.41) is 19.3. The van der Waals surface area contributed by atoms with Crippen molar-refractivity contribution in [1.82, 2.24) is 0 Å². The van der Waals surface area contributed by atoms with Gasteiger partial charge in [0.1, 0.15) is 0 Å². The van der Waals surface area contributed by atoms with Crippen LogP contribution in [-0.2, 0) is 0 Å². The second-order valence-corrected chi connectivity index (χ2v) is 4.44. The van der Waals surface area contributed by atoms with E-state index in [1.807, 2.05) is 6.92 Å². The molecule has 72 valence electrons. The number of rotatable bonds is 1. The average Bonchev–Trinajstić information content (AvgIpc) is 2.00. The first-order chi connectivity index (χ1) is 5.54. The molecular formula is C10H20O2. The second kappa shape index (κ2) is 3.75. The van der Waals surface area contributed by atoms with Gasteiger partial charge in [-0.05, 0) is 30.6 Å². The highest BCUT2D eigenvalue weighted by atomic mass is 16.3. The molecule has 0 heterocycles. The number of aliphatic hydroxyl groups is 2. The molecule has 2 nitrogen and oxygen atoms in total. The second-order valence-electron chi connectivity index (χ2n) is 4.44. The lowest BCUT2D eigenvalue weighted by atomic mass is 9.74. The van der Waals surface area contributed by atoms with Gasteiger partial charge in [0.15, 0.2) is 0 Å². The summed E-state index contributed by atoms with van der Waals surface area (Å²) in [6, 6.07) is 0. The maximum absolute atomic E-state index is 9.73. The minimum absolute atomic E-state index is 0.259. The summed E-state index contributed by atoms with van der Waals surface area (Å²) in [6.45, 7) is 6.22. The van der Waals surface area contributed by atoms with Gasteiger partial charge in [0.05, 0.1) is 12.2 Å². The molecule has 2 heteroatoms. The molecule has 2 N–H and O–H groups in total. The average molecular weight is 172 g/mol. The standard InChI is InChI=1S/C10H20O2/c1-6(2)8-5-4-7(3)9(11)10(8)12/h6-12H,4-5H2,1-3H3/t7-,8+,9-,10+/m1/s1. The van der Waals surface area contributed by atoms with Crippen LogP contribution in [0.1, 0.15) is 33.6 Å². The lowest BCUT2D eigenvalue weighted by Gasteiger charge is -2.38. The van der Waals surface area contributed by atoms with Crippen LogP contribution in [-0.4, -0.2) is 22.4 Å². The lowest BCUT2D eigenvalue weighted by Crippen LogP contribution is -2.44. The third-order valence-electron chi connectivity index (χ3n) is 3.18. The molecule has 0 bridgehead atoms. The molecule has 1 aliphatic rings. The van der Waals surface area contributed by atoms with Crippen LogP contribution in [0.4, 0.5) is 0 Å². The predicted molar refractivity (Wildman–Crippen MR) is 48.7 cm³/mol. The fraction of sp³-hybridized carbons (Fsp3) is 1.00. The first kappa shape index (κ1) is 10.0. The monoisotopic (exact) mass is 172 g/mol. The van der Waals surface area contributed by atoms with E-state index in [4.69, 9.17) is 0 Å². The van der Waals surface area contributed by atoms with Gasteiger partial charge in [-0.25, -0.2) is 0 Å². The molecule has 4 atom stereocenters. The molecule has 0 aliphatic heterocycles. The molecule has 0 amide bonds. The van der Waals surface area contributed by atoms with E-state index in [2.05, 4.69) is 13.8 Å². The highest BCUT2D eigenvalue weighted by Crippen LogP contribution is 2.33. The zero-order valence-electron chi connectivity index (χ0n) is 8.20. The Morgan fingerprint density at radius 1 is 1.08 bits per heavy atom. The summed E-state index contributed by atoms with van der Waals surface area (Å²) in [5.41, 5.74) is 0. The molecule has 0 saturated heterocycles. The van der Waals surface area contributed by atoms with E-state index in [0.29, 0.717) is 5.92 Å². The van der Waals surface area contributed by atoms with Crippen LogP contribution in [0.3, 0.4) is 0 Å². The van der Waals surface area contributed by atoms with E-state index in [1.165, 1.54) is 0 Å². The van der Waals surface area contributed by atoms with E-state index in [9.17, 15) is 10.2 Å². The Labute approximate surface area is 74.6 Å². The Balaban J connectivity index is 2.58. The maximum Gasteiger partial charge on any atom is 0.0832 e. The first-order valence-electron chi connectivity index (χ1n) is 4.90. The maximum atomic E-state index is 9.73. The van der Waals surface area contributed by atoms with E-state index < -0.39 is 12.2 Å². The van der Waals surface area contributed by atoms with Crippen molar-refractivity contribution < 1.29 is 10.2 Å². The Bertz CT molecular complexity index is 145. The van der Waals surface area contributed by atoms with Crippen molar-refractivity contribution in [3.05, 3.63) is 0 Å². The van der Waals surface area contributed by atoms with Gasteiger partial charge in [-0.15, -0.1) is 0 Å². The largest absolute Gasteiger partial charge is 0.390 e. The molecule has 0 aromatic heterocycles. The number of hydrogen-bond acceptors (Lipinski definition) is 2. The zero-order valence-corrected chi connectivity index (χ0v) is 8.20. The van der Waals surface area contributed by atoms with Gasteiger partial charge in [0.25, 0.3) is 0 Å². The van der Waals surface area contributed by atoms with Gasteiger partial charge in [-0.2, -0.15) is 0 Å². The molecule has 1 saturated carbocycles. The lowest BCUT2D eigenvalue weighted by molar-refractivity contribution is -0.0832. The fourth-order valence-corrected chi connectivity index (χ4v) is 2.11. The number of aliphatic hydroxyl groups excluding tert-OH is 2. The quantitative estimate of drug-likeness (QED) is 0.628. The summed E-state index contributed by atoms with van der Waals surface area (Å²) in [5.74, 6) is 1.02. The van der Waals surface area contributed by atoms with Gasteiger partial charge in [-0.3, -0.25) is 0 Å². The third kappa shape index (κ3) is 1.80. The predicted octanol–water partition coefficient (Wildman–Crippen LogP) is 1.41. The molecule has 0 spiro atoms. The number of hydrogen-bond donors (Lipinski definition) is 2. The molecule has 12 heavy (non-hydrogen) atoms. The normalized spacial score (nSPS) is 43.5. The summed E-state index contributed by atoms with van der Waals surface area (Å²) < 4.78 is 0. The molecule has 0 aromatic rings. The van der Waals surface area contributed by atoms with Crippen LogP contribution >= 0.6 is 0 Å². The molecule has 1 aliphatic carbocycles. The van der Waals surface area contributed by atoms with E-state index >= 15 is 0 Å². The fourth-order valence-electron chi connectivity index (χ4n) is 2.11. The van der Waals surface area contributed by atoms with Crippen LogP contribution in [0.5, 0.6) is 0 Å². The SMILES string of the molecule is CC(C)[C@@H]1CC[C@@H](C)[C@@H](O)[C@H]1O. The van der Waals surface area contributed by atoms with Gasteiger partial charge >= 0.3 is 0 Å². The van der Waals surface area contributed by atoms with Crippen LogP contribution in [0, 0.1) is 17.8 Å². The minimum atomic E-state index is -0.508. The van der Waals surface area contributed by atoms with E-state index in [0.717, 1.165) is 12.8 Å². The molecule has 1 rings (SSSR count). The molecule has 1 fully saturated rings. The van der Waals surface area contributed by atoms with Gasteiger partial charge in [-0.1, -0.05) is 20.8 Å². The zero-order chi connectivity index (χ0) is 9.30.